The molecule has 152 valence electrons. The zero-order valence-electron chi connectivity index (χ0n) is 16.8. The highest BCUT2D eigenvalue weighted by atomic mass is 32.2. The van der Waals surface area contributed by atoms with Crippen molar-refractivity contribution in [3.8, 4) is 11.5 Å². The van der Waals surface area contributed by atoms with Crippen molar-refractivity contribution in [2.24, 2.45) is 0 Å². The molecule has 1 amide bonds. The fraction of sp³-hybridized carbons (Fsp3) is 0.350. The molecule has 2 aromatic carbocycles. The predicted molar refractivity (Wildman–Crippen MR) is 109 cm³/mol. The van der Waals surface area contributed by atoms with Crippen molar-refractivity contribution >= 4 is 21.6 Å². The van der Waals surface area contributed by atoms with Gasteiger partial charge in [-0.15, -0.1) is 0 Å². The minimum atomic E-state index is -3.88. The first-order valence-corrected chi connectivity index (χ1v) is 10.3. The first-order valence-electron chi connectivity index (χ1n) is 8.82. The smallest absolute Gasteiger partial charge is 0.243 e. The van der Waals surface area contributed by atoms with Gasteiger partial charge in [-0.25, -0.2) is 8.42 Å². The van der Waals surface area contributed by atoms with E-state index in [1.54, 1.807) is 6.92 Å². The molecule has 0 aliphatic rings. The van der Waals surface area contributed by atoms with E-state index in [2.05, 4.69) is 5.32 Å². The number of ether oxygens (including phenoxy) is 2. The van der Waals surface area contributed by atoms with Crippen LogP contribution in [0.1, 0.15) is 18.1 Å². The van der Waals surface area contributed by atoms with Crippen molar-refractivity contribution in [1.29, 1.82) is 0 Å². The molecule has 0 aromatic heterocycles. The Morgan fingerprint density at radius 3 is 2.18 bits per heavy atom. The van der Waals surface area contributed by atoms with E-state index < -0.39 is 15.9 Å². The van der Waals surface area contributed by atoms with E-state index in [1.807, 2.05) is 32.0 Å². The Kier molecular flexibility index (Phi) is 7.04. The van der Waals surface area contributed by atoms with Crippen molar-refractivity contribution < 1.29 is 22.7 Å². The highest BCUT2D eigenvalue weighted by Crippen LogP contribution is 2.30. The van der Waals surface area contributed by atoms with Gasteiger partial charge in [-0.2, -0.15) is 4.31 Å². The van der Waals surface area contributed by atoms with Gasteiger partial charge in [-0.1, -0.05) is 25.1 Å². The van der Waals surface area contributed by atoms with Gasteiger partial charge in [0.15, 0.2) is 11.5 Å². The molecule has 0 saturated heterocycles. The minimum Gasteiger partial charge on any atom is -0.493 e. The SMILES string of the molecule is CCN(CC(=O)Nc1c(C)cccc1C)S(=O)(=O)c1ccc(OC)c(OC)c1. The van der Waals surface area contributed by atoms with Gasteiger partial charge in [0.1, 0.15) is 0 Å². The second-order valence-electron chi connectivity index (χ2n) is 6.26. The fourth-order valence-electron chi connectivity index (χ4n) is 2.84. The second-order valence-corrected chi connectivity index (χ2v) is 8.20. The first-order chi connectivity index (χ1) is 13.2. The molecule has 0 atom stereocenters. The van der Waals surface area contributed by atoms with Crippen LogP contribution >= 0.6 is 0 Å². The molecular weight excluding hydrogens is 380 g/mol. The zero-order chi connectivity index (χ0) is 20.9. The van der Waals surface area contributed by atoms with Gasteiger partial charge >= 0.3 is 0 Å². The molecule has 0 saturated carbocycles. The third-order valence-electron chi connectivity index (χ3n) is 4.41. The molecule has 28 heavy (non-hydrogen) atoms. The Balaban J connectivity index is 2.25. The van der Waals surface area contributed by atoms with Gasteiger partial charge in [0.05, 0.1) is 25.7 Å². The van der Waals surface area contributed by atoms with Crippen LogP contribution in [0, 0.1) is 13.8 Å². The maximum atomic E-state index is 13.0. The van der Waals surface area contributed by atoms with Gasteiger partial charge in [0.25, 0.3) is 0 Å². The number of para-hydroxylation sites is 1. The van der Waals surface area contributed by atoms with E-state index in [9.17, 15) is 13.2 Å². The average molecular weight is 407 g/mol. The highest BCUT2D eigenvalue weighted by Gasteiger charge is 2.26. The normalized spacial score (nSPS) is 11.4. The van der Waals surface area contributed by atoms with Gasteiger partial charge in [-0.3, -0.25) is 4.79 Å². The lowest BCUT2D eigenvalue weighted by molar-refractivity contribution is -0.116. The van der Waals surface area contributed by atoms with Crippen LogP contribution in [-0.4, -0.2) is 45.9 Å². The maximum absolute atomic E-state index is 13.0. The first kappa shape index (κ1) is 21.7. The Morgan fingerprint density at radius 2 is 1.64 bits per heavy atom. The lowest BCUT2D eigenvalue weighted by Gasteiger charge is -2.21. The molecule has 0 bridgehead atoms. The maximum Gasteiger partial charge on any atom is 0.243 e. The van der Waals surface area contributed by atoms with E-state index in [-0.39, 0.29) is 18.0 Å². The van der Waals surface area contributed by atoms with Crippen LogP contribution in [0.2, 0.25) is 0 Å². The number of methoxy groups -OCH3 is 2. The summed E-state index contributed by atoms with van der Waals surface area (Å²) in [6.45, 7) is 5.32. The molecule has 0 aliphatic heterocycles. The van der Waals surface area contributed by atoms with Crippen LogP contribution in [0.25, 0.3) is 0 Å². The van der Waals surface area contributed by atoms with Crippen molar-refractivity contribution in [1.82, 2.24) is 4.31 Å². The number of sulfonamides is 1. The number of carbonyl (C=O) groups is 1. The number of nitrogens with one attached hydrogen (secondary N) is 1. The number of rotatable bonds is 8. The number of nitrogens with zero attached hydrogens (tertiary/aromatic N) is 1. The average Bonchev–Trinajstić information content (AvgIpc) is 2.68. The highest BCUT2D eigenvalue weighted by molar-refractivity contribution is 7.89. The molecule has 8 heteroatoms. The fourth-order valence-corrected chi connectivity index (χ4v) is 4.26. The summed E-state index contributed by atoms with van der Waals surface area (Å²) in [6, 6.07) is 10.0. The number of anilines is 1. The summed E-state index contributed by atoms with van der Waals surface area (Å²) in [5.41, 5.74) is 2.53. The largest absolute Gasteiger partial charge is 0.493 e. The van der Waals surface area contributed by atoms with Gasteiger partial charge in [-0.05, 0) is 37.1 Å². The summed E-state index contributed by atoms with van der Waals surface area (Å²) in [5, 5.41) is 2.82. The molecule has 2 aromatic rings. The van der Waals surface area contributed by atoms with E-state index in [4.69, 9.17) is 9.47 Å². The van der Waals surface area contributed by atoms with Crippen LogP contribution in [-0.2, 0) is 14.8 Å². The third-order valence-corrected chi connectivity index (χ3v) is 6.33. The van der Waals surface area contributed by atoms with Crippen LogP contribution in [0.4, 0.5) is 5.69 Å². The molecular formula is C20H26N2O5S. The summed E-state index contributed by atoms with van der Waals surface area (Å²) in [5.74, 6) is 0.334. The van der Waals surface area contributed by atoms with E-state index in [0.717, 1.165) is 15.4 Å². The summed E-state index contributed by atoms with van der Waals surface area (Å²) >= 11 is 0. The Bertz CT molecular complexity index is 937. The van der Waals surface area contributed by atoms with Crippen LogP contribution in [0.5, 0.6) is 11.5 Å². The van der Waals surface area contributed by atoms with E-state index in [1.165, 1.54) is 32.4 Å². The topological polar surface area (TPSA) is 84.9 Å². The third kappa shape index (κ3) is 4.63. The summed E-state index contributed by atoms with van der Waals surface area (Å²) in [4.78, 5) is 12.6. The summed E-state index contributed by atoms with van der Waals surface area (Å²) < 4.78 is 37.5. The zero-order valence-corrected chi connectivity index (χ0v) is 17.6. The molecule has 0 fully saturated rings. The lowest BCUT2D eigenvalue weighted by atomic mass is 10.1. The quantitative estimate of drug-likeness (QED) is 0.729. The van der Waals surface area contributed by atoms with Crippen LogP contribution in [0.15, 0.2) is 41.3 Å². The van der Waals surface area contributed by atoms with E-state index in [0.29, 0.717) is 17.2 Å². The number of carbonyl (C=O) groups excluding carboxylic acids is 1. The van der Waals surface area contributed by atoms with Gasteiger partial charge in [0.2, 0.25) is 15.9 Å². The molecule has 0 heterocycles. The summed E-state index contributed by atoms with van der Waals surface area (Å²) in [7, 11) is -0.971. The second kappa shape index (κ2) is 9.07. The molecule has 0 spiro atoms. The van der Waals surface area contributed by atoms with Crippen LogP contribution in [0.3, 0.4) is 0 Å². The molecule has 7 nitrogen and oxygen atoms in total. The van der Waals surface area contributed by atoms with E-state index >= 15 is 0 Å². The Hall–Kier alpha value is -2.58. The lowest BCUT2D eigenvalue weighted by Crippen LogP contribution is -2.38. The number of aryl methyl sites for hydroxylation is 2. The van der Waals surface area contributed by atoms with Gasteiger partial charge in [0, 0.05) is 18.3 Å². The molecule has 0 aliphatic carbocycles. The van der Waals surface area contributed by atoms with Crippen molar-refractivity contribution in [2.75, 3.05) is 32.6 Å². The standard InChI is InChI=1S/C20H26N2O5S/c1-6-22(13-19(23)21-20-14(2)8-7-9-15(20)3)28(24,25)16-10-11-17(26-4)18(12-16)27-5/h7-12H,6,13H2,1-5H3,(H,21,23). The molecule has 0 unspecified atom stereocenters. The number of amides is 1. The van der Waals surface area contributed by atoms with Crippen molar-refractivity contribution in [3.05, 3.63) is 47.5 Å². The number of likely N-dealkylation sites (N-methyl/N-ethyl adjacent to an activating group) is 1. The number of hydrogen-bond donors (Lipinski definition) is 1. The molecule has 1 N–H and O–H groups in total. The molecule has 2 rings (SSSR count). The monoisotopic (exact) mass is 406 g/mol. The number of benzene rings is 2. The number of hydrogen-bond acceptors (Lipinski definition) is 5. The summed E-state index contributed by atoms with van der Waals surface area (Å²) in [6.07, 6.45) is 0. The van der Waals surface area contributed by atoms with Crippen molar-refractivity contribution in [2.45, 2.75) is 25.7 Å². The van der Waals surface area contributed by atoms with Crippen molar-refractivity contribution in [3.63, 3.8) is 0 Å². The Labute approximate surface area is 166 Å². The van der Waals surface area contributed by atoms with Gasteiger partial charge < -0.3 is 14.8 Å². The van der Waals surface area contributed by atoms with Crippen LogP contribution < -0.4 is 14.8 Å². The molecule has 0 radical (unpaired) electrons. The minimum absolute atomic E-state index is 0.0341. The Morgan fingerprint density at radius 1 is 1.04 bits per heavy atom. The predicted octanol–water partition coefficient (Wildman–Crippen LogP) is 2.97.